The van der Waals surface area contributed by atoms with Gasteiger partial charge in [-0.1, -0.05) is 47.5 Å². The first-order valence-electron chi connectivity index (χ1n) is 4.79. The third-order valence-corrected chi connectivity index (χ3v) is 4.98. The van der Waals surface area contributed by atoms with Crippen molar-refractivity contribution in [3.8, 4) is 0 Å². The van der Waals surface area contributed by atoms with Crippen LogP contribution < -0.4 is 0 Å². The van der Waals surface area contributed by atoms with Gasteiger partial charge in [0.2, 0.25) is 0 Å². The van der Waals surface area contributed by atoms with Gasteiger partial charge in [0.05, 0.1) is 4.34 Å². The summed E-state index contributed by atoms with van der Waals surface area (Å²) in [6.45, 7) is 2.09. The highest BCUT2D eigenvalue weighted by atomic mass is 35.5. The molecule has 1 heterocycles. The van der Waals surface area contributed by atoms with Crippen LogP contribution in [0, 0.1) is 6.92 Å². The van der Waals surface area contributed by atoms with Crippen molar-refractivity contribution in [2.45, 2.75) is 18.2 Å². The second-order valence-electron chi connectivity index (χ2n) is 3.58. The predicted molar refractivity (Wildman–Crippen MR) is 75.6 cm³/mol. The molecule has 1 aromatic carbocycles. The van der Waals surface area contributed by atoms with Gasteiger partial charge in [-0.2, -0.15) is 0 Å². The highest BCUT2D eigenvalue weighted by molar-refractivity contribution is 7.80. The minimum atomic E-state index is 0.664. The summed E-state index contributed by atoms with van der Waals surface area (Å²) in [7, 11) is 0. The first-order valence-corrected chi connectivity index (χ1v) is 6.81. The van der Waals surface area contributed by atoms with Gasteiger partial charge in [0.1, 0.15) is 4.34 Å². The highest BCUT2D eigenvalue weighted by Crippen LogP contribution is 2.40. The number of hydrogen-bond acceptors (Lipinski definition) is 2. The number of benzene rings is 1. The molecule has 0 radical (unpaired) electrons. The minimum Gasteiger partial charge on any atom is -0.141 e. The second-order valence-corrected chi connectivity index (χ2v) is 6.25. The van der Waals surface area contributed by atoms with Crippen LogP contribution in [-0.2, 0) is 6.42 Å². The zero-order valence-corrected chi connectivity index (χ0v) is 11.9. The van der Waals surface area contributed by atoms with E-state index in [1.807, 2.05) is 12.1 Å². The first-order chi connectivity index (χ1) is 7.59. The maximum Gasteiger partial charge on any atom is 0.108 e. The van der Waals surface area contributed by atoms with E-state index in [9.17, 15) is 0 Å². The summed E-state index contributed by atoms with van der Waals surface area (Å²) in [4.78, 5) is 0.805. The van der Waals surface area contributed by atoms with Crippen molar-refractivity contribution in [3.63, 3.8) is 0 Å². The molecule has 0 saturated heterocycles. The first kappa shape index (κ1) is 12.3. The Morgan fingerprint density at radius 1 is 1.19 bits per heavy atom. The molecule has 0 amide bonds. The molecule has 1 aromatic heterocycles. The molecule has 0 nitrogen and oxygen atoms in total. The lowest BCUT2D eigenvalue weighted by atomic mass is 10.0. The Bertz CT molecular complexity index is 518. The summed E-state index contributed by atoms with van der Waals surface area (Å²) in [5, 5.41) is 0. The Morgan fingerprint density at radius 2 is 1.88 bits per heavy atom. The molecule has 0 saturated carbocycles. The van der Waals surface area contributed by atoms with E-state index in [0.717, 1.165) is 21.2 Å². The van der Waals surface area contributed by atoms with Crippen LogP contribution in [0.1, 0.15) is 16.7 Å². The minimum absolute atomic E-state index is 0.664. The molecule has 0 fully saturated rings. The fourth-order valence-corrected chi connectivity index (χ4v) is 3.55. The largest absolute Gasteiger partial charge is 0.141 e. The lowest BCUT2D eigenvalue weighted by molar-refractivity contribution is 1.13. The van der Waals surface area contributed by atoms with E-state index in [-0.39, 0.29) is 0 Å². The molecule has 4 heteroatoms. The van der Waals surface area contributed by atoms with Crippen LogP contribution in [-0.4, -0.2) is 0 Å². The van der Waals surface area contributed by atoms with Gasteiger partial charge in [-0.05, 0) is 18.1 Å². The van der Waals surface area contributed by atoms with Gasteiger partial charge in [-0.25, -0.2) is 0 Å². The Morgan fingerprint density at radius 3 is 2.44 bits per heavy atom. The van der Waals surface area contributed by atoms with Crippen molar-refractivity contribution in [1.82, 2.24) is 0 Å². The SMILES string of the molecule is Cc1ccccc1Cc1c(Cl)sc(Cl)c1S. The predicted octanol–water partition coefficient (Wildman–Crippen LogP) is 5.24. The number of rotatable bonds is 2. The van der Waals surface area contributed by atoms with Crippen molar-refractivity contribution >= 4 is 47.2 Å². The van der Waals surface area contributed by atoms with Gasteiger partial charge in [-0.3, -0.25) is 0 Å². The Kier molecular flexibility index (Phi) is 3.85. The molecule has 0 atom stereocenters. The number of hydrogen-bond donors (Lipinski definition) is 1. The van der Waals surface area contributed by atoms with Crippen molar-refractivity contribution in [1.29, 1.82) is 0 Å². The fraction of sp³-hybridized carbons (Fsp3) is 0.167. The average Bonchev–Trinajstić information content (AvgIpc) is 2.48. The summed E-state index contributed by atoms with van der Waals surface area (Å²) < 4.78 is 1.40. The summed E-state index contributed by atoms with van der Waals surface area (Å²) >= 11 is 17.9. The van der Waals surface area contributed by atoms with Gasteiger partial charge >= 0.3 is 0 Å². The molecule has 0 bridgehead atoms. The monoisotopic (exact) mass is 288 g/mol. The average molecular weight is 289 g/mol. The summed E-state index contributed by atoms with van der Waals surface area (Å²) in [5.74, 6) is 0. The standard InChI is InChI=1S/C12H10Cl2S2/c1-7-4-2-3-5-8(7)6-9-10(15)12(14)16-11(9)13/h2-5,15H,6H2,1H3. The lowest BCUT2D eigenvalue weighted by Crippen LogP contribution is -1.91. The van der Waals surface area contributed by atoms with Crippen LogP contribution in [0.25, 0.3) is 0 Å². The normalized spacial score (nSPS) is 10.8. The van der Waals surface area contributed by atoms with Crippen molar-refractivity contribution in [2.75, 3.05) is 0 Å². The second kappa shape index (κ2) is 5.01. The molecule has 2 rings (SSSR count). The summed E-state index contributed by atoms with van der Waals surface area (Å²) in [5.41, 5.74) is 3.54. The van der Waals surface area contributed by atoms with Crippen LogP contribution in [0.4, 0.5) is 0 Å². The number of thiol groups is 1. The molecule has 16 heavy (non-hydrogen) atoms. The Hall–Kier alpha value is -0.150. The van der Waals surface area contributed by atoms with Crippen LogP contribution in [0.3, 0.4) is 0 Å². The van der Waals surface area contributed by atoms with Crippen molar-refractivity contribution < 1.29 is 0 Å². The van der Waals surface area contributed by atoms with E-state index < -0.39 is 0 Å². The summed E-state index contributed by atoms with van der Waals surface area (Å²) in [6.07, 6.45) is 0.785. The summed E-state index contributed by atoms with van der Waals surface area (Å²) in [6, 6.07) is 8.25. The molecule has 84 valence electrons. The maximum atomic E-state index is 6.14. The maximum absolute atomic E-state index is 6.14. The molecule has 2 aromatic rings. The molecule has 0 aliphatic heterocycles. The molecule has 0 aliphatic rings. The van der Waals surface area contributed by atoms with Gasteiger partial charge in [-0.15, -0.1) is 24.0 Å². The third-order valence-electron chi connectivity index (χ3n) is 2.52. The van der Waals surface area contributed by atoms with Gasteiger partial charge < -0.3 is 0 Å². The molecule has 0 aliphatic carbocycles. The van der Waals surface area contributed by atoms with E-state index in [1.165, 1.54) is 22.5 Å². The molecular weight excluding hydrogens is 279 g/mol. The van der Waals surface area contributed by atoms with E-state index in [2.05, 4.69) is 31.7 Å². The van der Waals surface area contributed by atoms with Crippen LogP contribution in [0.2, 0.25) is 8.67 Å². The van der Waals surface area contributed by atoms with E-state index >= 15 is 0 Å². The number of thiophene rings is 1. The zero-order valence-electron chi connectivity index (χ0n) is 8.63. The topological polar surface area (TPSA) is 0 Å². The van der Waals surface area contributed by atoms with Gasteiger partial charge in [0, 0.05) is 16.9 Å². The van der Waals surface area contributed by atoms with Gasteiger partial charge in [0.15, 0.2) is 0 Å². The van der Waals surface area contributed by atoms with Crippen LogP contribution >= 0.6 is 47.2 Å². The van der Waals surface area contributed by atoms with Crippen molar-refractivity contribution in [2.24, 2.45) is 0 Å². The molecule has 0 N–H and O–H groups in total. The smallest absolute Gasteiger partial charge is 0.108 e. The number of halogens is 2. The Labute approximate surface area is 115 Å². The van der Waals surface area contributed by atoms with Crippen LogP contribution in [0.15, 0.2) is 29.2 Å². The van der Waals surface area contributed by atoms with Crippen LogP contribution in [0.5, 0.6) is 0 Å². The van der Waals surface area contributed by atoms with Gasteiger partial charge in [0.25, 0.3) is 0 Å². The molecule has 0 spiro atoms. The highest BCUT2D eigenvalue weighted by Gasteiger charge is 2.13. The molecule has 0 unspecified atom stereocenters. The zero-order chi connectivity index (χ0) is 11.7. The third kappa shape index (κ3) is 2.40. The quantitative estimate of drug-likeness (QED) is 0.718. The lowest BCUT2D eigenvalue weighted by Gasteiger charge is -2.05. The van der Waals surface area contributed by atoms with E-state index in [0.29, 0.717) is 4.34 Å². The number of aryl methyl sites for hydroxylation is 1. The fourth-order valence-electron chi connectivity index (χ4n) is 1.55. The van der Waals surface area contributed by atoms with E-state index in [1.54, 1.807) is 0 Å². The van der Waals surface area contributed by atoms with E-state index in [4.69, 9.17) is 23.2 Å². The molecular formula is C12H10Cl2S2. The Balaban J connectivity index is 2.38. The van der Waals surface area contributed by atoms with Crippen molar-refractivity contribution in [3.05, 3.63) is 49.6 Å².